The van der Waals surface area contributed by atoms with E-state index in [1.54, 1.807) is 0 Å². The minimum absolute atomic E-state index is 0.00949. The van der Waals surface area contributed by atoms with E-state index in [0.29, 0.717) is 31.6 Å². The number of nitrogens with one attached hydrogen (secondary N) is 1. The standard InChI is InChI=1S/C38H37NO4/c1-4-42-29-18-14-25(15-19-29)23-28-11-8-22-37(35(28)40)34(27-16-20-30(21-17-27)43-5-2)24(3)39-38(37)32-13-7-10-26-9-6-12-31(33(26)32)36(38)41/h6-7,9-10,12-21,23-24,34,39H,4-5,8,11,22H2,1-3H3/b28-23+/t24?,34-,37+,38+/m1/s1. The Morgan fingerprint density at radius 2 is 1.49 bits per heavy atom. The van der Waals surface area contributed by atoms with Crippen LogP contribution in [-0.4, -0.2) is 30.8 Å². The van der Waals surface area contributed by atoms with Crippen molar-refractivity contribution in [1.82, 2.24) is 5.32 Å². The highest BCUT2D eigenvalue weighted by Gasteiger charge is 2.73. The zero-order valence-electron chi connectivity index (χ0n) is 25.0. The highest BCUT2D eigenvalue weighted by Crippen LogP contribution is 2.65. The molecule has 1 unspecified atom stereocenters. The first-order valence-corrected chi connectivity index (χ1v) is 15.5. The molecule has 0 bridgehead atoms. The largest absolute Gasteiger partial charge is 0.494 e. The van der Waals surface area contributed by atoms with Crippen LogP contribution in [0.3, 0.4) is 0 Å². The Balaban J connectivity index is 1.43. The van der Waals surface area contributed by atoms with Gasteiger partial charge in [-0.2, -0.15) is 0 Å². The molecule has 1 saturated carbocycles. The van der Waals surface area contributed by atoms with E-state index < -0.39 is 11.0 Å². The second kappa shape index (κ2) is 10.5. The average Bonchev–Trinajstić information content (AvgIpc) is 3.42. The molecule has 1 N–H and O–H groups in total. The van der Waals surface area contributed by atoms with Gasteiger partial charge in [-0.05, 0) is 103 Å². The number of allylic oxidation sites excluding steroid dienone is 1. The molecule has 4 aromatic carbocycles. The van der Waals surface area contributed by atoms with Crippen LogP contribution in [0, 0.1) is 5.41 Å². The molecule has 0 radical (unpaired) electrons. The minimum Gasteiger partial charge on any atom is -0.494 e. The number of hydrogen-bond acceptors (Lipinski definition) is 5. The Hall–Kier alpha value is -4.22. The normalized spacial score (nSPS) is 27.1. The van der Waals surface area contributed by atoms with Crippen molar-refractivity contribution in [2.24, 2.45) is 5.41 Å². The highest BCUT2D eigenvalue weighted by molar-refractivity contribution is 6.24. The SMILES string of the molecule is CCOc1ccc(/C=C2\CCC[C@@]3(C2=O)[C@@H](c2ccc(OCC)cc2)C(C)N[C@@]32C(=O)c3cccc4cccc2c34)cc1. The summed E-state index contributed by atoms with van der Waals surface area (Å²) >= 11 is 0. The lowest BCUT2D eigenvalue weighted by molar-refractivity contribution is -0.130. The van der Waals surface area contributed by atoms with Crippen molar-refractivity contribution in [1.29, 1.82) is 0 Å². The van der Waals surface area contributed by atoms with Crippen LogP contribution in [0.4, 0.5) is 0 Å². The monoisotopic (exact) mass is 571 g/mol. The molecular formula is C38H37NO4. The number of hydrogen-bond donors (Lipinski definition) is 1. The second-order valence-corrected chi connectivity index (χ2v) is 12.0. The molecule has 1 aliphatic heterocycles. The van der Waals surface area contributed by atoms with Gasteiger partial charge in [0.05, 0.1) is 18.6 Å². The lowest BCUT2D eigenvalue weighted by Gasteiger charge is -2.47. The zero-order valence-corrected chi connectivity index (χ0v) is 25.0. The van der Waals surface area contributed by atoms with Crippen molar-refractivity contribution >= 4 is 28.4 Å². The van der Waals surface area contributed by atoms with Crippen LogP contribution in [0.1, 0.15) is 73.0 Å². The van der Waals surface area contributed by atoms with E-state index in [2.05, 4.69) is 42.6 Å². The van der Waals surface area contributed by atoms with Gasteiger partial charge in [0, 0.05) is 17.5 Å². The van der Waals surface area contributed by atoms with Crippen LogP contribution < -0.4 is 14.8 Å². The van der Waals surface area contributed by atoms with Gasteiger partial charge in [-0.1, -0.05) is 60.7 Å². The number of carbonyl (C=O) groups is 2. The number of fused-ring (bicyclic) bond motifs is 2. The third-order valence-electron chi connectivity index (χ3n) is 9.83. The minimum atomic E-state index is -1.16. The first kappa shape index (κ1) is 27.6. The molecule has 3 aliphatic rings. The third-order valence-corrected chi connectivity index (χ3v) is 9.83. The topological polar surface area (TPSA) is 64.6 Å². The van der Waals surface area contributed by atoms with Crippen LogP contribution in [0.25, 0.3) is 16.8 Å². The fourth-order valence-corrected chi connectivity index (χ4v) is 8.37. The van der Waals surface area contributed by atoms with Crippen molar-refractivity contribution in [3.05, 3.63) is 113 Å². The van der Waals surface area contributed by atoms with E-state index in [9.17, 15) is 4.79 Å². The summed E-state index contributed by atoms with van der Waals surface area (Å²) in [7, 11) is 0. The number of carbonyl (C=O) groups excluding carboxylic acids is 2. The molecule has 5 heteroatoms. The van der Waals surface area contributed by atoms with Crippen LogP contribution in [0.2, 0.25) is 0 Å². The third kappa shape index (κ3) is 3.94. The first-order valence-electron chi connectivity index (χ1n) is 15.5. The molecule has 2 aliphatic carbocycles. The van der Waals surface area contributed by atoms with Gasteiger partial charge in [0.1, 0.15) is 17.0 Å². The van der Waals surface area contributed by atoms with Gasteiger partial charge in [-0.25, -0.2) is 0 Å². The van der Waals surface area contributed by atoms with Gasteiger partial charge < -0.3 is 9.47 Å². The summed E-state index contributed by atoms with van der Waals surface area (Å²) in [6, 6.07) is 28.0. The summed E-state index contributed by atoms with van der Waals surface area (Å²) in [5.74, 6) is 1.47. The quantitative estimate of drug-likeness (QED) is 0.241. The molecular weight excluding hydrogens is 534 g/mol. The van der Waals surface area contributed by atoms with Gasteiger partial charge in [0.15, 0.2) is 11.6 Å². The summed E-state index contributed by atoms with van der Waals surface area (Å²) in [4.78, 5) is 30.2. The number of benzene rings is 4. The summed E-state index contributed by atoms with van der Waals surface area (Å²) in [5, 5.41) is 5.83. The summed E-state index contributed by atoms with van der Waals surface area (Å²) in [6.45, 7) is 7.25. The van der Waals surface area contributed by atoms with Crippen molar-refractivity contribution < 1.29 is 19.1 Å². The molecule has 1 saturated heterocycles. The van der Waals surface area contributed by atoms with E-state index in [4.69, 9.17) is 9.47 Å². The van der Waals surface area contributed by atoms with Gasteiger partial charge in [-0.15, -0.1) is 0 Å². The summed E-state index contributed by atoms with van der Waals surface area (Å²) in [6.07, 6.45) is 4.15. The van der Waals surface area contributed by atoms with Crippen LogP contribution >= 0.6 is 0 Å². The number of ketones is 2. The Morgan fingerprint density at radius 1 is 0.837 bits per heavy atom. The molecule has 218 valence electrons. The molecule has 2 fully saturated rings. The maximum Gasteiger partial charge on any atom is 0.189 e. The van der Waals surface area contributed by atoms with Crippen molar-refractivity contribution in [3.63, 3.8) is 0 Å². The predicted octanol–water partition coefficient (Wildman–Crippen LogP) is 7.63. The smallest absolute Gasteiger partial charge is 0.189 e. The molecule has 4 aromatic rings. The van der Waals surface area contributed by atoms with E-state index in [1.807, 2.05) is 74.5 Å². The lowest BCUT2D eigenvalue weighted by atomic mass is 9.52. The molecule has 1 heterocycles. The number of rotatable bonds is 6. The first-order chi connectivity index (χ1) is 20.9. The molecule has 7 rings (SSSR count). The molecule has 2 spiro atoms. The van der Waals surface area contributed by atoms with Crippen LogP contribution in [-0.2, 0) is 10.3 Å². The molecule has 4 atom stereocenters. The maximum absolute atomic E-state index is 15.3. The van der Waals surface area contributed by atoms with Crippen LogP contribution in [0.15, 0.2) is 90.5 Å². The second-order valence-electron chi connectivity index (χ2n) is 12.0. The Bertz CT molecular complexity index is 1750. The van der Waals surface area contributed by atoms with Crippen molar-refractivity contribution in [2.45, 2.75) is 57.5 Å². The summed E-state index contributed by atoms with van der Waals surface area (Å²) in [5.41, 5.74) is 2.26. The predicted molar refractivity (Wildman–Crippen MR) is 170 cm³/mol. The molecule has 0 amide bonds. The molecule has 5 nitrogen and oxygen atoms in total. The average molecular weight is 572 g/mol. The zero-order chi connectivity index (χ0) is 29.8. The van der Waals surface area contributed by atoms with E-state index >= 15 is 4.79 Å². The van der Waals surface area contributed by atoms with Gasteiger partial charge >= 0.3 is 0 Å². The van der Waals surface area contributed by atoms with E-state index in [-0.39, 0.29) is 23.5 Å². The maximum atomic E-state index is 15.3. The fraction of sp³-hybridized carbons (Fsp3) is 0.316. The van der Waals surface area contributed by atoms with Gasteiger partial charge in [0.25, 0.3) is 0 Å². The molecule has 0 aromatic heterocycles. The Labute approximate surface area is 252 Å². The van der Waals surface area contributed by atoms with Crippen molar-refractivity contribution in [3.8, 4) is 11.5 Å². The number of Topliss-reactive ketones (excluding diaryl/α,β-unsaturated/α-hetero) is 2. The van der Waals surface area contributed by atoms with Crippen LogP contribution in [0.5, 0.6) is 11.5 Å². The Morgan fingerprint density at radius 3 is 2.16 bits per heavy atom. The summed E-state index contributed by atoms with van der Waals surface area (Å²) < 4.78 is 11.4. The number of ether oxygens (including phenoxy) is 2. The Kier molecular flexibility index (Phi) is 6.74. The van der Waals surface area contributed by atoms with Gasteiger partial charge in [-0.3, -0.25) is 14.9 Å². The highest BCUT2D eigenvalue weighted by atomic mass is 16.5. The molecule has 43 heavy (non-hydrogen) atoms. The van der Waals surface area contributed by atoms with E-state index in [1.165, 1.54) is 0 Å². The van der Waals surface area contributed by atoms with Gasteiger partial charge in [0.2, 0.25) is 0 Å². The van der Waals surface area contributed by atoms with Crippen molar-refractivity contribution in [2.75, 3.05) is 13.2 Å². The lowest BCUT2D eigenvalue weighted by Crippen LogP contribution is -2.59. The van der Waals surface area contributed by atoms with E-state index in [0.717, 1.165) is 51.0 Å². The fourth-order valence-electron chi connectivity index (χ4n) is 8.37.